The summed E-state index contributed by atoms with van der Waals surface area (Å²) in [4.78, 5) is 0. The molecule has 0 radical (unpaired) electrons. The van der Waals surface area contributed by atoms with Crippen LogP contribution in [0.5, 0.6) is 0 Å². The van der Waals surface area contributed by atoms with Gasteiger partial charge < -0.3 is 5.32 Å². The smallest absolute Gasteiger partial charge is 0.0420 e. The number of benzene rings is 4. The van der Waals surface area contributed by atoms with Crippen molar-refractivity contribution in [3.63, 3.8) is 0 Å². The second kappa shape index (κ2) is 5.19. The molecule has 0 heterocycles. The summed E-state index contributed by atoms with van der Waals surface area (Å²) in [6.07, 6.45) is 0. The molecule has 0 aliphatic rings. The molecule has 0 aliphatic heterocycles. The molecule has 4 aromatic carbocycles. The van der Waals surface area contributed by atoms with E-state index in [1.54, 1.807) is 0 Å². The zero-order valence-electron chi connectivity index (χ0n) is 12.5. The number of aryl methyl sites for hydroxylation is 1. The highest BCUT2D eigenvalue weighted by atomic mass is 14.9. The lowest BCUT2D eigenvalue weighted by Gasteiger charge is -2.12. The summed E-state index contributed by atoms with van der Waals surface area (Å²) in [5.41, 5.74) is 3.57. The van der Waals surface area contributed by atoms with Gasteiger partial charge in [0.25, 0.3) is 0 Å². The summed E-state index contributed by atoms with van der Waals surface area (Å²) < 4.78 is 0. The Morgan fingerprint density at radius 3 is 2.18 bits per heavy atom. The quantitative estimate of drug-likeness (QED) is 0.472. The van der Waals surface area contributed by atoms with Gasteiger partial charge in [0, 0.05) is 11.4 Å². The van der Waals surface area contributed by atoms with E-state index >= 15 is 0 Å². The number of rotatable bonds is 2. The van der Waals surface area contributed by atoms with E-state index in [1.807, 2.05) is 0 Å². The van der Waals surface area contributed by atoms with Gasteiger partial charge in [0.2, 0.25) is 0 Å². The minimum absolute atomic E-state index is 1.12. The Morgan fingerprint density at radius 2 is 1.32 bits per heavy atom. The summed E-state index contributed by atoms with van der Waals surface area (Å²) >= 11 is 0. The molecular formula is C21H17N. The van der Waals surface area contributed by atoms with Gasteiger partial charge in [-0.25, -0.2) is 0 Å². The van der Waals surface area contributed by atoms with Gasteiger partial charge in [0.05, 0.1) is 0 Å². The molecule has 1 heteroatoms. The van der Waals surface area contributed by atoms with Crippen LogP contribution in [0.4, 0.5) is 11.4 Å². The first-order valence-electron chi connectivity index (χ1n) is 7.55. The third-order valence-corrected chi connectivity index (χ3v) is 4.23. The van der Waals surface area contributed by atoms with E-state index < -0.39 is 0 Å². The van der Waals surface area contributed by atoms with Crippen molar-refractivity contribution in [2.24, 2.45) is 0 Å². The average Bonchev–Trinajstić information content (AvgIpc) is 2.57. The van der Waals surface area contributed by atoms with Crippen LogP contribution in [-0.2, 0) is 0 Å². The predicted molar refractivity (Wildman–Crippen MR) is 95.9 cm³/mol. The third-order valence-electron chi connectivity index (χ3n) is 4.23. The first-order chi connectivity index (χ1) is 10.8. The Labute approximate surface area is 130 Å². The third kappa shape index (κ3) is 2.21. The van der Waals surface area contributed by atoms with Crippen LogP contribution in [0.25, 0.3) is 21.5 Å². The molecule has 0 fully saturated rings. The lowest BCUT2D eigenvalue weighted by molar-refractivity contribution is 1.48. The van der Waals surface area contributed by atoms with Crippen molar-refractivity contribution >= 4 is 32.9 Å². The summed E-state index contributed by atoms with van der Waals surface area (Å²) in [6, 6.07) is 27.8. The van der Waals surface area contributed by atoms with Crippen molar-refractivity contribution in [2.75, 3.05) is 5.32 Å². The Hall–Kier alpha value is -2.80. The Kier molecular flexibility index (Phi) is 3.05. The van der Waals surface area contributed by atoms with Crippen LogP contribution in [0.2, 0.25) is 0 Å². The Bertz CT molecular complexity index is 970. The maximum atomic E-state index is 3.56. The molecule has 106 valence electrons. The van der Waals surface area contributed by atoms with Gasteiger partial charge >= 0.3 is 0 Å². The molecule has 0 bridgehead atoms. The molecule has 4 aromatic rings. The van der Waals surface area contributed by atoms with Crippen LogP contribution in [0.15, 0.2) is 78.9 Å². The van der Waals surface area contributed by atoms with Crippen molar-refractivity contribution in [1.82, 2.24) is 0 Å². The average molecular weight is 283 g/mol. The maximum Gasteiger partial charge on any atom is 0.0420 e. The number of hydrogen-bond donors (Lipinski definition) is 1. The largest absolute Gasteiger partial charge is 0.355 e. The number of fused-ring (bicyclic) bond motifs is 2. The molecule has 0 aromatic heterocycles. The molecule has 0 aliphatic carbocycles. The minimum Gasteiger partial charge on any atom is -0.355 e. The van der Waals surface area contributed by atoms with E-state index in [4.69, 9.17) is 0 Å². The molecule has 1 N–H and O–H groups in total. The first-order valence-corrected chi connectivity index (χ1v) is 7.55. The molecule has 0 atom stereocenters. The van der Waals surface area contributed by atoms with Gasteiger partial charge in [-0.1, -0.05) is 60.7 Å². The van der Waals surface area contributed by atoms with Gasteiger partial charge in [0.1, 0.15) is 0 Å². The lowest BCUT2D eigenvalue weighted by Crippen LogP contribution is -1.94. The first kappa shape index (κ1) is 12.9. The zero-order valence-corrected chi connectivity index (χ0v) is 12.5. The number of hydrogen-bond acceptors (Lipinski definition) is 1. The van der Waals surface area contributed by atoms with Crippen LogP contribution < -0.4 is 5.32 Å². The topological polar surface area (TPSA) is 12.0 Å². The van der Waals surface area contributed by atoms with Crippen LogP contribution in [0.3, 0.4) is 0 Å². The van der Waals surface area contributed by atoms with Crippen molar-refractivity contribution in [3.05, 3.63) is 84.4 Å². The molecule has 0 saturated carbocycles. The molecule has 22 heavy (non-hydrogen) atoms. The highest BCUT2D eigenvalue weighted by molar-refractivity contribution is 5.92. The van der Waals surface area contributed by atoms with E-state index in [9.17, 15) is 0 Å². The molecule has 0 saturated heterocycles. The molecule has 0 unspecified atom stereocenters. The van der Waals surface area contributed by atoms with Crippen LogP contribution in [-0.4, -0.2) is 0 Å². The standard InChI is InChI=1S/C21H17N/c1-15-20-9-5-4-7-17(20)11-13-21(15)22-19-12-10-16-6-2-3-8-18(16)14-19/h2-14,22H,1H3. The normalized spacial score (nSPS) is 11.0. The van der Waals surface area contributed by atoms with Gasteiger partial charge in [-0.3, -0.25) is 0 Å². The van der Waals surface area contributed by atoms with Gasteiger partial charge in [-0.2, -0.15) is 0 Å². The fourth-order valence-electron chi connectivity index (χ4n) is 2.99. The predicted octanol–water partition coefficient (Wildman–Crippen LogP) is 6.05. The molecule has 0 spiro atoms. The lowest BCUT2D eigenvalue weighted by atomic mass is 10.0. The Balaban J connectivity index is 1.77. The van der Waals surface area contributed by atoms with Crippen LogP contribution in [0.1, 0.15) is 5.56 Å². The summed E-state index contributed by atoms with van der Waals surface area (Å²) in [5.74, 6) is 0. The van der Waals surface area contributed by atoms with Gasteiger partial charge in [-0.15, -0.1) is 0 Å². The molecule has 0 amide bonds. The van der Waals surface area contributed by atoms with E-state index in [2.05, 4.69) is 91.1 Å². The van der Waals surface area contributed by atoms with Gasteiger partial charge in [-0.05, 0) is 52.2 Å². The molecule has 1 nitrogen and oxygen atoms in total. The van der Waals surface area contributed by atoms with E-state index in [1.165, 1.54) is 27.1 Å². The monoisotopic (exact) mass is 283 g/mol. The summed E-state index contributed by atoms with van der Waals surface area (Å²) in [5, 5.41) is 8.66. The highest BCUT2D eigenvalue weighted by Gasteiger charge is 2.04. The minimum atomic E-state index is 1.12. The SMILES string of the molecule is Cc1c(Nc2ccc3ccccc3c2)ccc2ccccc12. The van der Waals surface area contributed by atoms with Crippen molar-refractivity contribution in [3.8, 4) is 0 Å². The summed E-state index contributed by atoms with van der Waals surface area (Å²) in [6.45, 7) is 2.17. The molecule has 4 rings (SSSR count). The highest BCUT2D eigenvalue weighted by Crippen LogP contribution is 2.29. The maximum absolute atomic E-state index is 3.56. The number of nitrogens with one attached hydrogen (secondary N) is 1. The molecular weight excluding hydrogens is 266 g/mol. The Morgan fingerprint density at radius 1 is 0.636 bits per heavy atom. The fourth-order valence-corrected chi connectivity index (χ4v) is 2.99. The second-order valence-electron chi connectivity index (χ2n) is 5.65. The number of anilines is 2. The summed E-state index contributed by atoms with van der Waals surface area (Å²) in [7, 11) is 0. The van der Waals surface area contributed by atoms with Crippen molar-refractivity contribution in [1.29, 1.82) is 0 Å². The van der Waals surface area contributed by atoms with Crippen LogP contribution >= 0.6 is 0 Å². The van der Waals surface area contributed by atoms with Crippen LogP contribution in [0, 0.1) is 6.92 Å². The second-order valence-corrected chi connectivity index (χ2v) is 5.65. The van der Waals surface area contributed by atoms with E-state index in [0.29, 0.717) is 0 Å². The van der Waals surface area contributed by atoms with E-state index in [-0.39, 0.29) is 0 Å². The van der Waals surface area contributed by atoms with E-state index in [0.717, 1.165) is 11.4 Å². The van der Waals surface area contributed by atoms with Crippen molar-refractivity contribution in [2.45, 2.75) is 6.92 Å². The zero-order chi connectivity index (χ0) is 14.9. The van der Waals surface area contributed by atoms with Crippen molar-refractivity contribution < 1.29 is 0 Å². The van der Waals surface area contributed by atoms with Gasteiger partial charge in [0.15, 0.2) is 0 Å². The fraction of sp³-hybridized carbons (Fsp3) is 0.0476.